The van der Waals surface area contributed by atoms with Crippen LogP contribution in [0.3, 0.4) is 0 Å². The van der Waals surface area contributed by atoms with E-state index in [1.807, 2.05) is 54.9 Å². The number of fused-ring (bicyclic) bond motifs is 1. The van der Waals surface area contributed by atoms with E-state index in [1.54, 1.807) is 0 Å². The molecule has 20 heavy (non-hydrogen) atoms. The first kappa shape index (κ1) is 13.9. The van der Waals surface area contributed by atoms with Crippen LogP contribution in [0.25, 0.3) is 10.9 Å². The average Bonchev–Trinajstić information content (AvgIpc) is 2.78. The number of ether oxygens (including phenoxy) is 1. The van der Waals surface area contributed by atoms with Crippen LogP contribution in [0.5, 0.6) is 5.75 Å². The Morgan fingerprint density at radius 1 is 1.45 bits per heavy atom. The topological polar surface area (TPSA) is 67.0 Å². The van der Waals surface area contributed by atoms with E-state index in [4.69, 9.17) is 10.00 Å². The summed E-state index contributed by atoms with van der Waals surface area (Å²) >= 11 is 0. The van der Waals surface area contributed by atoms with Crippen LogP contribution >= 0.6 is 0 Å². The van der Waals surface area contributed by atoms with E-state index in [-0.39, 0.29) is 25.1 Å². The van der Waals surface area contributed by atoms with Gasteiger partial charge in [0.2, 0.25) is 5.91 Å². The maximum atomic E-state index is 11.6. The zero-order chi connectivity index (χ0) is 14.5. The summed E-state index contributed by atoms with van der Waals surface area (Å²) in [4.78, 5) is 11.6. The van der Waals surface area contributed by atoms with Gasteiger partial charge in [0.15, 0.2) is 0 Å². The van der Waals surface area contributed by atoms with Gasteiger partial charge in [-0.3, -0.25) is 4.79 Å². The van der Waals surface area contributed by atoms with Crippen molar-refractivity contribution in [2.24, 2.45) is 0 Å². The molecule has 2 rings (SSSR count). The quantitative estimate of drug-likeness (QED) is 0.846. The molecule has 0 spiro atoms. The zero-order valence-electron chi connectivity index (χ0n) is 11.6. The van der Waals surface area contributed by atoms with Crippen molar-refractivity contribution in [2.75, 3.05) is 6.54 Å². The molecular formula is C15H17N3O2. The second-order valence-corrected chi connectivity index (χ2v) is 4.77. The van der Waals surface area contributed by atoms with Gasteiger partial charge in [0, 0.05) is 17.1 Å². The van der Waals surface area contributed by atoms with Crippen molar-refractivity contribution in [3.05, 3.63) is 30.5 Å². The molecule has 0 aliphatic heterocycles. The molecular weight excluding hydrogens is 254 g/mol. The first-order chi connectivity index (χ1) is 9.60. The lowest BCUT2D eigenvalue weighted by Gasteiger charge is -2.10. The number of carbonyl (C=O) groups is 1. The summed E-state index contributed by atoms with van der Waals surface area (Å²) < 4.78 is 7.49. The standard InChI is InChI=1S/C15H17N3O2/c1-11(2)20-13-3-4-14-12(9-13)5-8-18(14)10-15(19)17-7-6-16/h3-5,8-9,11H,7,10H2,1-2H3,(H,17,19). The van der Waals surface area contributed by atoms with Gasteiger partial charge in [-0.15, -0.1) is 0 Å². The highest BCUT2D eigenvalue weighted by Crippen LogP contribution is 2.22. The van der Waals surface area contributed by atoms with E-state index >= 15 is 0 Å². The Morgan fingerprint density at radius 2 is 2.25 bits per heavy atom. The van der Waals surface area contributed by atoms with Crippen LogP contribution in [0.1, 0.15) is 13.8 Å². The Morgan fingerprint density at radius 3 is 2.95 bits per heavy atom. The van der Waals surface area contributed by atoms with Crippen LogP contribution in [0.2, 0.25) is 0 Å². The summed E-state index contributed by atoms with van der Waals surface area (Å²) in [6.45, 7) is 4.20. The fraction of sp³-hybridized carbons (Fsp3) is 0.333. The van der Waals surface area contributed by atoms with Crippen LogP contribution < -0.4 is 10.1 Å². The van der Waals surface area contributed by atoms with Gasteiger partial charge in [-0.05, 0) is 38.1 Å². The highest BCUT2D eigenvalue weighted by molar-refractivity contribution is 5.84. The normalized spacial score (nSPS) is 10.5. The summed E-state index contributed by atoms with van der Waals surface area (Å²) in [6, 6.07) is 9.62. The van der Waals surface area contributed by atoms with Gasteiger partial charge in [0.05, 0.1) is 12.2 Å². The molecule has 104 valence electrons. The number of aromatic nitrogens is 1. The van der Waals surface area contributed by atoms with Gasteiger partial charge in [-0.2, -0.15) is 5.26 Å². The largest absolute Gasteiger partial charge is 0.491 e. The number of amides is 1. The van der Waals surface area contributed by atoms with Gasteiger partial charge < -0.3 is 14.6 Å². The molecule has 0 saturated carbocycles. The third-order valence-corrected chi connectivity index (χ3v) is 2.79. The predicted octanol–water partition coefficient (Wildman–Crippen LogP) is 2.07. The summed E-state index contributed by atoms with van der Waals surface area (Å²) in [7, 11) is 0. The van der Waals surface area contributed by atoms with E-state index in [2.05, 4.69) is 5.32 Å². The van der Waals surface area contributed by atoms with Crippen molar-refractivity contribution >= 4 is 16.8 Å². The van der Waals surface area contributed by atoms with E-state index in [9.17, 15) is 4.79 Å². The zero-order valence-corrected chi connectivity index (χ0v) is 11.6. The predicted molar refractivity (Wildman–Crippen MR) is 76.3 cm³/mol. The van der Waals surface area contributed by atoms with Crippen molar-refractivity contribution in [1.82, 2.24) is 9.88 Å². The number of carbonyl (C=O) groups excluding carboxylic acids is 1. The van der Waals surface area contributed by atoms with Gasteiger partial charge in [-0.25, -0.2) is 0 Å². The molecule has 1 N–H and O–H groups in total. The van der Waals surface area contributed by atoms with E-state index < -0.39 is 0 Å². The van der Waals surface area contributed by atoms with Gasteiger partial charge in [0.1, 0.15) is 18.8 Å². The van der Waals surface area contributed by atoms with Crippen LogP contribution in [0, 0.1) is 11.3 Å². The molecule has 5 nitrogen and oxygen atoms in total. The fourth-order valence-corrected chi connectivity index (χ4v) is 2.01. The lowest BCUT2D eigenvalue weighted by molar-refractivity contribution is -0.121. The number of rotatable bonds is 5. The molecule has 0 aliphatic rings. The minimum Gasteiger partial charge on any atom is -0.491 e. The second-order valence-electron chi connectivity index (χ2n) is 4.77. The van der Waals surface area contributed by atoms with Gasteiger partial charge in [0.25, 0.3) is 0 Å². The smallest absolute Gasteiger partial charge is 0.240 e. The molecule has 1 heterocycles. The lowest BCUT2D eigenvalue weighted by atomic mass is 10.2. The number of benzene rings is 1. The third kappa shape index (κ3) is 3.29. The highest BCUT2D eigenvalue weighted by Gasteiger charge is 2.07. The average molecular weight is 271 g/mol. The molecule has 1 amide bonds. The van der Waals surface area contributed by atoms with Gasteiger partial charge in [-0.1, -0.05) is 0 Å². The number of hydrogen-bond acceptors (Lipinski definition) is 3. The molecule has 0 radical (unpaired) electrons. The molecule has 0 unspecified atom stereocenters. The molecule has 1 aromatic carbocycles. The minimum absolute atomic E-state index is 0.0322. The highest BCUT2D eigenvalue weighted by atomic mass is 16.5. The van der Waals surface area contributed by atoms with Crippen LogP contribution in [0.4, 0.5) is 0 Å². The molecule has 5 heteroatoms. The lowest BCUT2D eigenvalue weighted by Crippen LogP contribution is -2.27. The van der Waals surface area contributed by atoms with Gasteiger partial charge >= 0.3 is 0 Å². The Labute approximate surface area is 117 Å². The Kier molecular flexibility index (Phi) is 4.26. The second kappa shape index (κ2) is 6.11. The Balaban J connectivity index is 2.16. The maximum absolute atomic E-state index is 11.6. The molecule has 0 fully saturated rings. The van der Waals surface area contributed by atoms with E-state index in [0.717, 1.165) is 16.7 Å². The molecule has 0 saturated heterocycles. The van der Waals surface area contributed by atoms with E-state index in [1.165, 1.54) is 0 Å². The summed E-state index contributed by atoms with van der Waals surface area (Å²) in [5, 5.41) is 12.0. The molecule has 0 bridgehead atoms. The SMILES string of the molecule is CC(C)Oc1ccc2c(ccn2CC(=O)NCC#N)c1. The summed E-state index contributed by atoms with van der Waals surface area (Å²) in [5.41, 5.74) is 0.966. The van der Waals surface area contributed by atoms with Crippen molar-refractivity contribution in [3.63, 3.8) is 0 Å². The van der Waals surface area contributed by atoms with Crippen LogP contribution in [-0.4, -0.2) is 23.1 Å². The third-order valence-electron chi connectivity index (χ3n) is 2.79. The van der Waals surface area contributed by atoms with Crippen molar-refractivity contribution in [1.29, 1.82) is 5.26 Å². The maximum Gasteiger partial charge on any atom is 0.240 e. The molecule has 2 aromatic rings. The van der Waals surface area contributed by atoms with Crippen molar-refractivity contribution in [3.8, 4) is 11.8 Å². The number of nitrogens with zero attached hydrogens (tertiary/aromatic N) is 2. The fourth-order valence-electron chi connectivity index (χ4n) is 2.01. The number of nitrogens with one attached hydrogen (secondary N) is 1. The molecule has 0 atom stereocenters. The number of nitriles is 1. The van der Waals surface area contributed by atoms with Crippen LogP contribution in [-0.2, 0) is 11.3 Å². The van der Waals surface area contributed by atoms with Crippen molar-refractivity contribution in [2.45, 2.75) is 26.5 Å². The Hall–Kier alpha value is -2.48. The summed E-state index contributed by atoms with van der Waals surface area (Å²) in [5.74, 6) is 0.644. The first-order valence-corrected chi connectivity index (χ1v) is 6.49. The Bertz CT molecular complexity index is 653. The molecule has 0 aliphatic carbocycles. The van der Waals surface area contributed by atoms with Crippen LogP contribution in [0.15, 0.2) is 30.5 Å². The minimum atomic E-state index is -0.174. The summed E-state index contributed by atoms with van der Waals surface area (Å²) in [6.07, 6.45) is 1.99. The monoisotopic (exact) mass is 271 g/mol. The van der Waals surface area contributed by atoms with Crippen molar-refractivity contribution < 1.29 is 9.53 Å². The number of hydrogen-bond donors (Lipinski definition) is 1. The molecule has 1 aromatic heterocycles. The first-order valence-electron chi connectivity index (χ1n) is 6.49. The van der Waals surface area contributed by atoms with E-state index in [0.29, 0.717) is 0 Å².